The number of nitrogens with zero attached hydrogens (tertiary/aromatic N) is 2. The molecule has 2 heterocycles. The molecule has 0 aliphatic carbocycles. The minimum atomic E-state index is -4.73. The zero-order valence-corrected chi connectivity index (χ0v) is 16.6. The summed E-state index contributed by atoms with van der Waals surface area (Å²) in [6.07, 6.45) is -4.73. The number of aryl methyl sites for hydroxylation is 2. The minimum absolute atomic E-state index is 0.0658. The second kappa shape index (κ2) is 7.50. The summed E-state index contributed by atoms with van der Waals surface area (Å²) in [5.41, 5.74) is 0.0517. The Bertz CT molecular complexity index is 962. The molecule has 2 aromatic heterocycles. The van der Waals surface area contributed by atoms with E-state index >= 15 is 0 Å². The number of rotatable bonds is 6. The number of hydrogen-bond acceptors (Lipinski definition) is 6. The molecule has 0 amide bonds. The standard InChI is InChI=1S/C15H18F3N3O4S2/c1-5-21-9(4)12(8(3)19-21)27(23,24)20-13-10(14(22)25-6-2)7-11(26-13)15(16,17)18/h7,20H,5-6H2,1-4H3. The van der Waals surface area contributed by atoms with Crippen LogP contribution < -0.4 is 4.72 Å². The number of alkyl halides is 3. The summed E-state index contributed by atoms with van der Waals surface area (Å²) in [5, 5.41) is 3.64. The molecule has 2 aromatic rings. The van der Waals surface area contributed by atoms with Crippen LogP contribution in [0.1, 0.15) is 40.5 Å². The van der Waals surface area contributed by atoms with Crippen LogP contribution in [0.2, 0.25) is 0 Å². The van der Waals surface area contributed by atoms with Crippen molar-refractivity contribution >= 4 is 32.3 Å². The number of aromatic nitrogens is 2. The van der Waals surface area contributed by atoms with Crippen molar-refractivity contribution < 1.29 is 31.1 Å². The summed E-state index contributed by atoms with van der Waals surface area (Å²) < 4.78 is 72.9. The van der Waals surface area contributed by atoms with Crippen molar-refractivity contribution in [2.75, 3.05) is 11.3 Å². The van der Waals surface area contributed by atoms with Gasteiger partial charge in [-0.05, 0) is 33.8 Å². The molecule has 0 aliphatic rings. The molecule has 150 valence electrons. The van der Waals surface area contributed by atoms with Crippen molar-refractivity contribution in [2.24, 2.45) is 0 Å². The lowest BCUT2D eigenvalue weighted by atomic mass is 10.3. The highest BCUT2D eigenvalue weighted by atomic mass is 32.2. The van der Waals surface area contributed by atoms with E-state index in [4.69, 9.17) is 4.74 Å². The van der Waals surface area contributed by atoms with Crippen molar-refractivity contribution in [3.63, 3.8) is 0 Å². The van der Waals surface area contributed by atoms with E-state index in [1.165, 1.54) is 18.5 Å². The number of sulfonamides is 1. The van der Waals surface area contributed by atoms with E-state index in [-0.39, 0.29) is 28.5 Å². The first kappa shape index (κ1) is 21.2. The van der Waals surface area contributed by atoms with Crippen LogP contribution >= 0.6 is 11.3 Å². The van der Waals surface area contributed by atoms with Gasteiger partial charge in [0, 0.05) is 6.54 Å². The Kier molecular flexibility index (Phi) is 5.90. The second-order valence-electron chi connectivity index (χ2n) is 5.49. The molecule has 12 heteroatoms. The molecule has 0 fully saturated rings. The van der Waals surface area contributed by atoms with Gasteiger partial charge in [-0.2, -0.15) is 18.3 Å². The minimum Gasteiger partial charge on any atom is -0.462 e. The molecule has 0 saturated carbocycles. The molecule has 0 aromatic carbocycles. The topological polar surface area (TPSA) is 90.3 Å². The van der Waals surface area contributed by atoms with Crippen molar-refractivity contribution in [1.29, 1.82) is 0 Å². The number of ether oxygens (including phenoxy) is 1. The summed E-state index contributed by atoms with van der Waals surface area (Å²) in [4.78, 5) is 10.7. The average molecular weight is 425 g/mol. The van der Waals surface area contributed by atoms with Gasteiger partial charge in [-0.1, -0.05) is 0 Å². The van der Waals surface area contributed by atoms with Crippen molar-refractivity contribution in [1.82, 2.24) is 9.78 Å². The Balaban J connectivity index is 2.54. The first-order chi connectivity index (χ1) is 12.4. The van der Waals surface area contributed by atoms with Gasteiger partial charge in [0.25, 0.3) is 10.0 Å². The van der Waals surface area contributed by atoms with Gasteiger partial charge < -0.3 is 4.74 Å². The lowest BCUT2D eigenvalue weighted by Crippen LogP contribution is -2.16. The van der Waals surface area contributed by atoms with E-state index in [2.05, 4.69) is 9.82 Å². The maximum Gasteiger partial charge on any atom is 0.425 e. The molecule has 27 heavy (non-hydrogen) atoms. The second-order valence-corrected chi connectivity index (χ2v) is 8.16. The number of carbonyl (C=O) groups is 1. The number of esters is 1. The van der Waals surface area contributed by atoms with Crippen molar-refractivity contribution in [3.05, 3.63) is 27.9 Å². The van der Waals surface area contributed by atoms with Gasteiger partial charge in [-0.15, -0.1) is 11.3 Å². The molecule has 2 rings (SSSR count). The molecular formula is C15H18F3N3O4S2. The van der Waals surface area contributed by atoms with Crippen LogP contribution in [0, 0.1) is 13.8 Å². The lowest BCUT2D eigenvalue weighted by Gasteiger charge is -2.09. The molecule has 0 unspecified atom stereocenters. The van der Waals surface area contributed by atoms with E-state index in [9.17, 15) is 26.4 Å². The maximum atomic E-state index is 13.0. The van der Waals surface area contributed by atoms with E-state index in [1.807, 2.05) is 0 Å². The van der Waals surface area contributed by atoms with Crippen LogP contribution in [0.25, 0.3) is 0 Å². The molecule has 0 saturated heterocycles. The van der Waals surface area contributed by atoms with Crippen LogP contribution in [-0.4, -0.2) is 30.8 Å². The van der Waals surface area contributed by atoms with Gasteiger partial charge in [0.15, 0.2) is 0 Å². The Morgan fingerprint density at radius 2 is 1.96 bits per heavy atom. The Labute approximate surface area is 158 Å². The molecular weight excluding hydrogens is 407 g/mol. The normalized spacial score (nSPS) is 12.3. The summed E-state index contributed by atoms with van der Waals surface area (Å²) in [6, 6.07) is 0.579. The third kappa shape index (κ3) is 4.26. The van der Waals surface area contributed by atoms with Gasteiger partial charge in [0.1, 0.15) is 14.8 Å². The van der Waals surface area contributed by atoms with E-state index < -0.39 is 37.6 Å². The summed E-state index contributed by atoms with van der Waals surface area (Å²) >= 11 is 0.123. The number of anilines is 1. The third-order valence-corrected chi connectivity index (χ3v) is 6.44. The lowest BCUT2D eigenvalue weighted by molar-refractivity contribution is -0.134. The Morgan fingerprint density at radius 3 is 2.44 bits per heavy atom. The zero-order valence-electron chi connectivity index (χ0n) is 15.0. The average Bonchev–Trinajstić information content (AvgIpc) is 3.07. The number of halogens is 3. The molecule has 7 nitrogen and oxygen atoms in total. The van der Waals surface area contributed by atoms with Crippen molar-refractivity contribution in [2.45, 2.75) is 45.3 Å². The largest absolute Gasteiger partial charge is 0.462 e. The quantitative estimate of drug-likeness (QED) is 0.715. The molecule has 0 aliphatic heterocycles. The van der Waals surface area contributed by atoms with E-state index in [1.54, 1.807) is 13.8 Å². The highest BCUT2D eigenvalue weighted by molar-refractivity contribution is 7.93. The molecule has 0 spiro atoms. The monoisotopic (exact) mass is 425 g/mol. The highest BCUT2D eigenvalue weighted by Crippen LogP contribution is 2.40. The molecule has 1 N–H and O–H groups in total. The van der Waals surface area contributed by atoms with Gasteiger partial charge in [0.05, 0.1) is 23.6 Å². The van der Waals surface area contributed by atoms with E-state index in [0.717, 1.165) is 0 Å². The summed E-state index contributed by atoms with van der Waals surface area (Å²) in [7, 11) is -4.27. The van der Waals surface area contributed by atoms with Crippen molar-refractivity contribution in [3.8, 4) is 0 Å². The van der Waals surface area contributed by atoms with Crippen LogP contribution in [-0.2, 0) is 27.5 Å². The number of hydrogen-bond donors (Lipinski definition) is 1. The predicted octanol–water partition coefficient (Wildman–Crippen LogP) is 3.58. The zero-order chi connectivity index (χ0) is 20.6. The predicted molar refractivity (Wildman–Crippen MR) is 93.5 cm³/mol. The Hall–Kier alpha value is -2.08. The first-order valence-corrected chi connectivity index (χ1v) is 10.2. The first-order valence-electron chi connectivity index (χ1n) is 7.87. The van der Waals surface area contributed by atoms with E-state index in [0.29, 0.717) is 18.3 Å². The van der Waals surface area contributed by atoms with Gasteiger partial charge in [-0.3, -0.25) is 9.40 Å². The number of carbonyl (C=O) groups excluding carboxylic acids is 1. The molecule has 0 bridgehead atoms. The molecule has 0 radical (unpaired) electrons. The molecule has 0 atom stereocenters. The smallest absolute Gasteiger partial charge is 0.425 e. The number of nitrogens with one attached hydrogen (secondary N) is 1. The summed E-state index contributed by atoms with van der Waals surface area (Å²) in [6.45, 7) is 6.65. The summed E-state index contributed by atoms with van der Waals surface area (Å²) in [5.74, 6) is -1.04. The van der Waals surface area contributed by atoms with Gasteiger partial charge >= 0.3 is 12.1 Å². The van der Waals surface area contributed by atoms with Crippen LogP contribution in [0.15, 0.2) is 11.0 Å². The van der Waals surface area contributed by atoms with Crippen LogP contribution in [0.4, 0.5) is 18.2 Å². The number of thiophene rings is 1. The maximum absolute atomic E-state index is 13.0. The fourth-order valence-electron chi connectivity index (χ4n) is 2.52. The fraction of sp³-hybridized carbons (Fsp3) is 0.467. The fourth-order valence-corrected chi connectivity index (χ4v) is 5.16. The van der Waals surface area contributed by atoms with Gasteiger partial charge in [0.2, 0.25) is 0 Å². The van der Waals surface area contributed by atoms with Crippen LogP contribution in [0.5, 0.6) is 0 Å². The van der Waals surface area contributed by atoms with Crippen LogP contribution in [0.3, 0.4) is 0 Å². The third-order valence-electron chi connectivity index (χ3n) is 3.62. The highest BCUT2D eigenvalue weighted by Gasteiger charge is 2.36. The van der Waals surface area contributed by atoms with Gasteiger partial charge in [-0.25, -0.2) is 13.2 Å². The Morgan fingerprint density at radius 1 is 1.33 bits per heavy atom. The SMILES string of the molecule is CCOC(=O)c1cc(C(F)(F)F)sc1NS(=O)(=O)c1c(C)nn(CC)c1C.